The molecule has 0 unspecified atom stereocenters. The zero-order chi connectivity index (χ0) is 23.2. The topological polar surface area (TPSA) is 120 Å². The van der Waals surface area contributed by atoms with E-state index in [4.69, 9.17) is 9.57 Å². The van der Waals surface area contributed by atoms with Crippen LogP contribution in [0.1, 0.15) is 30.4 Å². The minimum Gasteiger partial charge on any atom is -0.445 e. The summed E-state index contributed by atoms with van der Waals surface area (Å²) in [6.07, 6.45) is 1.30. The fourth-order valence-corrected chi connectivity index (χ4v) is 3.09. The Bertz CT molecular complexity index is 937. The highest BCUT2D eigenvalue weighted by atomic mass is 32.2. The summed E-state index contributed by atoms with van der Waals surface area (Å²) in [4.78, 5) is 30.0. The standard InChI is InChI=1S/C22H28N2O7S/c1-32(27,28)31-15-9-8-14-20(21(25)24-30-17-19-12-6-3-7-13-19)23-22(26)29-16-18-10-4-2-5-11-18/h2-7,10-13,20H,8-9,14-17H2,1H3,(H,23,26)(H,24,25)/t20-/m0/s1. The fourth-order valence-electron chi connectivity index (χ4n) is 2.67. The first-order valence-corrected chi connectivity index (χ1v) is 11.9. The fraction of sp³-hybridized carbons (Fsp3) is 0.364. The molecule has 0 aliphatic heterocycles. The molecule has 2 aromatic carbocycles. The largest absolute Gasteiger partial charge is 0.445 e. The summed E-state index contributed by atoms with van der Waals surface area (Å²) in [5, 5.41) is 2.53. The van der Waals surface area contributed by atoms with Gasteiger partial charge in [-0.1, -0.05) is 60.7 Å². The summed E-state index contributed by atoms with van der Waals surface area (Å²) >= 11 is 0. The van der Waals surface area contributed by atoms with E-state index in [9.17, 15) is 18.0 Å². The number of benzene rings is 2. The first-order chi connectivity index (χ1) is 15.3. The number of nitrogens with one attached hydrogen (secondary N) is 2. The molecule has 10 heteroatoms. The van der Waals surface area contributed by atoms with Crippen molar-refractivity contribution in [3.63, 3.8) is 0 Å². The van der Waals surface area contributed by atoms with Crippen LogP contribution in [0.4, 0.5) is 4.79 Å². The number of alkyl carbamates (subject to hydrolysis) is 1. The van der Waals surface area contributed by atoms with Gasteiger partial charge in [-0.25, -0.2) is 10.3 Å². The van der Waals surface area contributed by atoms with Crippen molar-refractivity contribution in [1.82, 2.24) is 10.8 Å². The highest BCUT2D eigenvalue weighted by Gasteiger charge is 2.21. The van der Waals surface area contributed by atoms with E-state index < -0.39 is 28.2 Å². The zero-order valence-electron chi connectivity index (χ0n) is 17.9. The van der Waals surface area contributed by atoms with Gasteiger partial charge in [-0.3, -0.25) is 13.8 Å². The van der Waals surface area contributed by atoms with Gasteiger partial charge in [0.2, 0.25) is 0 Å². The molecule has 1 atom stereocenters. The van der Waals surface area contributed by atoms with Crippen molar-refractivity contribution in [3.05, 3.63) is 71.8 Å². The van der Waals surface area contributed by atoms with Crippen LogP contribution in [0, 0.1) is 0 Å². The number of ether oxygens (including phenoxy) is 1. The summed E-state index contributed by atoms with van der Waals surface area (Å²) in [5.41, 5.74) is 4.02. The minimum absolute atomic E-state index is 0.00384. The van der Waals surface area contributed by atoms with Gasteiger partial charge in [-0.15, -0.1) is 0 Å². The summed E-state index contributed by atoms with van der Waals surface area (Å²) < 4.78 is 31.9. The number of carbonyl (C=O) groups is 2. The Hall–Kier alpha value is -2.95. The number of rotatable bonds is 13. The Balaban J connectivity index is 1.83. The van der Waals surface area contributed by atoms with Gasteiger partial charge in [0.1, 0.15) is 12.6 Å². The quantitative estimate of drug-likeness (QED) is 0.266. The lowest BCUT2D eigenvalue weighted by Gasteiger charge is -2.18. The molecule has 32 heavy (non-hydrogen) atoms. The number of hydroxylamine groups is 1. The predicted molar refractivity (Wildman–Crippen MR) is 118 cm³/mol. The molecule has 2 rings (SSSR count). The molecule has 0 bridgehead atoms. The van der Waals surface area contributed by atoms with E-state index in [0.29, 0.717) is 12.8 Å². The molecule has 0 aliphatic carbocycles. The van der Waals surface area contributed by atoms with Crippen LogP contribution in [0.25, 0.3) is 0 Å². The van der Waals surface area contributed by atoms with Crippen molar-refractivity contribution in [1.29, 1.82) is 0 Å². The number of carbonyl (C=O) groups excluding carboxylic acids is 2. The number of unbranched alkanes of at least 4 members (excludes halogenated alkanes) is 1. The Labute approximate surface area is 188 Å². The molecule has 2 aromatic rings. The highest BCUT2D eigenvalue weighted by molar-refractivity contribution is 7.85. The van der Waals surface area contributed by atoms with Gasteiger partial charge in [0, 0.05) is 0 Å². The van der Waals surface area contributed by atoms with Crippen molar-refractivity contribution in [2.75, 3.05) is 12.9 Å². The number of hydrogen-bond donors (Lipinski definition) is 2. The van der Waals surface area contributed by atoms with Gasteiger partial charge in [0.25, 0.3) is 16.0 Å². The first-order valence-electron chi connectivity index (χ1n) is 10.1. The van der Waals surface area contributed by atoms with Gasteiger partial charge in [-0.05, 0) is 30.4 Å². The van der Waals surface area contributed by atoms with Crippen molar-refractivity contribution in [2.24, 2.45) is 0 Å². The van der Waals surface area contributed by atoms with Crippen molar-refractivity contribution in [3.8, 4) is 0 Å². The van der Waals surface area contributed by atoms with Gasteiger partial charge in [0.15, 0.2) is 0 Å². The smallest absolute Gasteiger partial charge is 0.408 e. The monoisotopic (exact) mass is 464 g/mol. The van der Waals surface area contributed by atoms with Crippen LogP contribution in [0.2, 0.25) is 0 Å². The number of hydrogen-bond acceptors (Lipinski definition) is 7. The van der Waals surface area contributed by atoms with Crippen molar-refractivity contribution in [2.45, 2.75) is 38.5 Å². The molecule has 9 nitrogen and oxygen atoms in total. The Morgan fingerprint density at radius 1 is 0.906 bits per heavy atom. The molecule has 0 fully saturated rings. The second-order valence-electron chi connectivity index (χ2n) is 7.02. The maximum atomic E-state index is 12.5. The summed E-state index contributed by atoms with van der Waals surface area (Å²) in [6, 6.07) is 17.5. The maximum absolute atomic E-state index is 12.5. The molecule has 0 radical (unpaired) electrons. The second-order valence-corrected chi connectivity index (χ2v) is 8.67. The summed E-state index contributed by atoms with van der Waals surface area (Å²) in [6.45, 7) is 0.226. The lowest BCUT2D eigenvalue weighted by Crippen LogP contribution is -2.46. The molecule has 0 saturated carbocycles. The van der Waals surface area contributed by atoms with E-state index in [1.54, 1.807) is 0 Å². The van der Waals surface area contributed by atoms with E-state index in [-0.39, 0.29) is 26.2 Å². The lowest BCUT2D eigenvalue weighted by molar-refractivity contribution is -0.136. The molecular weight excluding hydrogens is 436 g/mol. The van der Waals surface area contributed by atoms with Crippen LogP contribution in [0.5, 0.6) is 0 Å². The van der Waals surface area contributed by atoms with Gasteiger partial charge in [-0.2, -0.15) is 8.42 Å². The first kappa shape index (κ1) is 25.3. The molecule has 2 N–H and O–H groups in total. The van der Waals surface area contributed by atoms with Crippen molar-refractivity contribution < 1.29 is 31.8 Å². The van der Waals surface area contributed by atoms with E-state index in [0.717, 1.165) is 17.4 Å². The zero-order valence-corrected chi connectivity index (χ0v) is 18.7. The molecule has 0 saturated heterocycles. The van der Waals surface area contributed by atoms with Crippen LogP contribution in [-0.4, -0.2) is 39.3 Å². The lowest BCUT2D eigenvalue weighted by atomic mass is 10.1. The van der Waals surface area contributed by atoms with Gasteiger partial charge < -0.3 is 10.1 Å². The second kappa shape index (κ2) is 13.5. The third-order valence-corrected chi connectivity index (χ3v) is 4.86. The Morgan fingerprint density at radius 3 is 2.09 bits per heavy atom. The van der Waals surface area contributed by atoms with Crippen LogP contribution in [-0.2, 0) is 41.9 Å². The average Bonchev–Trinajstić information content (AvgIpc) is 2.77. The number of amides is 2. The molecule has 0 heterocycles. The highest BCUT2D eigenvalue weighted by Crippen LogP contribution is 2.06. The molecule has 2 amide bonds. The normalized spacial score (nSPS) is 12.0. The third kappa shape index (κ3) is 10.9. The van der Waals surface area contributed by atoms with E-state index in [1.807, 2.05) is 60.7 Å². The molecule has 0 aliphatic rings. The van der Waals surface area contributed by atoms with Crippen LogP contribution in [0.3, 0.4) is 0 Å². The SMILES string of the molecule is CS(=O)(=O)OCCCC[C@H](NC(=O)OCc1ccccc1)C(=O)NOCc1ccccc1. The summed E-state index contributed by atoms with van der Waals surface area (Å²) in [5.74, 6) is -0.540. The average molecular weight is 465 g/mol. The van der Waals surface area contributed by atoms with Crippen LogP contribution < -0.4 is 10.8 Å². The van der Waals surface area contributed by atoms with E-state index in [1.165, 1.54) is 0 Å². The summed E-state index contributed by atoms with van der Waals surface area (Å²) in [7, 11) is -3.52. The maximum Gasteiger partial charge on any atom is 0.408 e. The molecular formula is C22H28N2O7S. The molecule has 0 aromatic heterocycles. The van der Waals surface area contributed by atoms with Crippen LogP contribution >= 0.6 is 0 Å². The molecule has 0 spiro atoms. The van der Waals surface area contributed by atoms with Gasteiger partial charge >= 0.3 is 6.09 Å². The molecule has 174 valence electrons. The van der Waals surface area contributed by atoms with E-state index in [2.05, 4.69) is 15.0 Å². The van der Waals surface area contributed by atoms with Crippen LogP contribution in [0.15, 0.2) is 60.7 Å². The van der Waals surface area contributed by atoms with E-state index >= 15 is 0 Å². The van der Waals surface area contributed by atoms with Gasteiger partial charge in [0.05, 0.1) is 19.5 Å². The van der Waals surface area contributed by atoms with Crippen molar-refractivity contribution >= 4 is 22.1 Å². The Kier molecular flexibility index (Phi) is 10.6. The Morgan fingerprint density at radius 2 is 1.50 bits per heavy atom. The third-order valence-electron chi connectivity index (χ3n) is 4.26. The minimum atomic E-state index is -3.52. The predicted octanol–water partition coefficient (Wildman–Crippen LogP) is 2.68.